The van der Waals surface area contributed by atoms with E-state index in [0.717, 1.165) is 0 Å². The van der Waals surface area contributed by atoms with Crippen LogP contribution in [0, 0.1) is 23.3 Å². The molecule has 2 aliphatic rings. The lowest BCUT2D eigenvalue weighted by Crippen LogP contribution is -2.59. The lowest BCUT2D eigenvalue weighted by molar-refractivity contribution is -0.354. The van der Waals surface area contributed by atoms with Crippen LogP contribution in [0.25, 0.3) is 43.1 Å². The largest absolute Gasteiger partial charge is 0.459 e. The summed E-state index contributed by atoms with van der Waals surface area (Å²) >= 11 is 0. The van der Waals surface area contributed by atoms with Gasteiger partial charge in [0, 0.05) is 43.1 Å². The van der Waals surface area contributed by atoms with E-state index >= 15 is 17.6 Å². The number of alkyl halides is 14. The van der Waals surface area contributed by atoms with Crippen molar-refractivity contribution in [3.8, 4) is 0 Å². The average Bonchev–Trinajstić information content (AvgIpc) is 3.06. The molecule has 4 amide bonds. The van der Waals surface area contributed by atoms with Gasteiger partial charge in [-0.05, 0) is 24.3 Å². The fourth-order valence-corrected chi connectivity index (χ4v) is 6.86. The van der Waals surface area contributed by atoms with E-state index in [4.69, 9.17) is 0 Å². The molecule has 5 aromatic rings. The molecule has 2 aliphatic heterocycles. The molecule has 0 aliphatic carbocycles. The number of carbonyl (C=O) groups is 4. The van der Waals surface area contributed by atoms with Crippen molar-refractivity contribution in [1.82, 2.24) is 9.80 Å². The summed E-state index contributed by atoms with van der Waals surface area (Å²) in [5.41, 5.74) is -5.24. The van der Waals surface area contributed by atoms with Crippen LogP contribution in [0.3, 0.4) is 0 Å². The zero-order valence-electron chi connectivity index (χ0n) is 26.1. The first-order chi connectivity index (χ1) is 25.4. The van der Waals surface area contributed by atoms with Crippen LogP contribution in [0.15, 0.2) is 24.3 Å². The highest BCUT2D eigenvalue weighted by Crippen LogP contribution is 2.52. The Kier molecular flexibility index (Phi) is 7.63. The van der Waals surface area contributed by atoms with Gasteiger partial charge >= 0.3 is 36.0 Å². The number of hydrogen-bond donors (Lipinski definition) is 0. The van der Waals surface area contributed by atoms with E-state index in [0.29, 0.717) is 0 Å². The second kappa shape index (κ2) is 11.0. The minimum absolute atomic E-state index is 0.0157. The molecule has 0 N–H and O–H groups in total. The van der Waals surface area contributed by atoms with Gasteiger partial charge in [0.2, 0.25) is 0 Å². The van der Waals surface area contributed by atoms with Crippen molar-refractivity contribution in [3.63, 3.8) is 0 Å². The molecule has 0 bridgehead atoms. The smallest absolute Gasteiger partial charge is 0.269 e. The summed E-state index contributed by atoms with van der Waals surface area (Å²) in [5, 5.41) is -9.24. The van der Waals surface area contributed by atoms with Gasteiger partial charge in [-0.2, -0.15) is 61.5 Å². The number of carbonyl (C=O) groups excluding carboxylic acids is 4. The number of benzene rings is 5. The number of rotatable bonds is 6. The molecule has 24 heteroatoms. The molecular formula is C32H8F18N2O4. The normalized spacial score (nSPS) is 16.2. The van der Waals surface area contributed by atoms with Crippen LogP contribution in [0.2, 0.25) is 0 Å². The van der Waals surface area contributed by atoms with E-state index in [1.807, 2.05) is 0 Å². The van der Waals surface area contributed by atoms with Gasteiger partial charge in [0.15, 0.2) is 0 Å². The van der Waals surface area contributed by atoms with E-state index < -0.39 is 171 Å². The summed E-state index contributed by atoms with van der Waals surface area (Å²) in [6.07, 6.45) is -13.9. The number of imide groups is 2. The van der Waals surface area contributed by atoms with Crippen LogP contribution in [0.5, 0.6) is 0 Å². The van der Waals surface area contributed by atoms with Crippen LogP contribution in [0.1, 0.15) is 41.4 Å². The summed E-state index contributed by atoms with van der Waals surface area (Å²) < 4.78 is 254. The van der Waals surface area contributed by atoms with Crippen LogP contribution in [0.4, 0.5) is 79.0 Å². The minimum atomic E-state index is -6.95. The molecule has 0 atom stereocenters. The third kappa shape index (κ3) is 4.69. The molecule has 2 heterocycles. The Hall–Kier alpha value is -5.58. The van der Waals surface area contributed by atoms with E-state index in [9.17, 15) is 80.6 Å². The van der Waals surface area contributed by atoms with Gasteiger partial charge in [0.05, 0.1) is 35.3 Å². The molecule has 0 unspecified atom stereocenters. The molecule has 0 spiro atoms. The van der Waals surface area contributed by atoms with E-state index in [-0.39, 0.29) is 24.3 Å². The highest BCUT2D eigenvalue weighted by Gasteiger charge is 2.74. The van der Waals surface area contributed by atoms with Crippen LogP contribution in [-0.4, -0.2) is 82.6 Å². The quantitative estimate of drug-likeness (QED) is 0.0742. The van der Waals surface area contributed by atoms with Crippen molar-refractivity contribution in [3.05, 3.63) is 69.8 Å². The van der Waals surface area contributed by atoms with Crippen molar-refractivity contribution >= 4 is 66.7 Å². The van der Waals surface area contributed by atoms with Crippen molar-refractivity contribution in [2.45, 2.75) is 36.0 Å². The number of fused-ring (bicyclic) bond motifs is 2. The summed E-state index contributed by atoms with van der Waals surface area (Å²) in [5.74, 6) is -42.6. The molecule has 296 valence electrons. The van der Waals surface area contributed by atoms with E-state index in [1.54, 1.807) is 0 Å². The second-order valence-electron chi connectivity index (χ2n) is 12.6. The van der Waals surface area contributed by atoms with E-state index in [1.165, 1.54) is 0 Å². The molecule has 5 aromatic carbocycles. The Bertz CT molecular complexity index is 2350. The molecule has 0 saturated heterocycles. The lowest BCUT2D eigenvalue weighted by Gasteiger charge is -2.35. The summed E-state index contributed by atoms with van der Waals surface area (Å²) in [7, 11) is 0. The Labute approximate surface area is 294 Å². The Morgan fingerprint density at radius 1 is 0.357 bits per heavy atom. The van der Waals surface area contributed by atoms with Gasteiger partial charge in [-0.1, -0.05) is 0 Å². The van der Waals surface area contributed by atoms with Crippen LogP contribution < -0.4 is 0 Å². The van der Waals surface area contributed by atoms with Crippen LogP contribution in [-0.2, 0) is 0 Å². The zero-order chi connectivity index (χ0) is 41.9. The Morgan fingerprint density at radius 2 is 0.571 bits per heavy atom. The predicted octanol–water partition coefficient (Wildman–Crippen LogP) is 9.15. The molecule has 7 rings (SSSR count). The Morgan fingerprint density at radius 3 is 0.768 bits per heavy atom. The van der Waals surface area contributed by atoms with Gasteiger partial charge in [0.1, 0.15) is 23.3 Å². The second-order valence-corrected chi connectivity index (χ2v) is 12.6. The van der Waals surface area contributed by atoms with Crippen molar-refractivity contribution in [1.29, 1.82) is 0 Å². The molecule has 0 radical (unpaired) electrons. The highest BCUT2D eigenvalue weighted by atomic mass is 19.4. The third-order valence-corrected chi connectivity index (χ3v) is 9.36. The van der Waals surface area contributed by atoms with E-state index in [2.05, 4.69) is 0 Å². The van der Waals surface area contributed by atoms with Gasteiger partial charge in [0.25, 0.3) is 23.6 Å². The molecule has 0 saturated carbocycles. The van der Waals surface area contributed by atoms with Gasteiger partial charge < -0.3 is 0 Å². The van der Waals surface area contributed by atoms with Crippen molar-refractivity contribution in [2.75, 3.05) is 13.1 Å². The van der Waals surface area contributed by atoms with Crippen molar-refractivity contribution in [2.24, 2.45) is 0 Å². The molecule has 56 heavy (non-hydrogen) atoms. The summed E-state index contributed by atoms with van der Waals surface area (Å²) in [6.45, 7) is -6.03. The zero-order valence-corrected chi connectivity index (χ0v) is 26.1. The van der Waals surface area contributed by atoms with Crippen molar-refractivity contribution < 1.29 is 98.2 Å². The molecular weight excluding hydrogens is 818 g/mol. The maximum absolute atomic E-state index is 16.1. The molecule has 6 nitrogen and oxygen atoms in total. The lowest BCUT2D eigenvalue weighted by atomic mass is 9.81. The maximum atomic E-state index is 16.1. The number of hydrogen-bond acceptors (Lipinski definition) is 4. The summed E-state index contributed by atoms with van der Waals surface area (Å²) in [6, 6.07) is 0.0630. The van der Waals surface area contributed by atoms with Gasteiger partial charge in [-0.3, -0.25) is 29.0 Å². The third-order valence-electron chi connectivity index (χ3n) is 9.36. The first kappa shape index (κ1) is 38.7. The van der Waals surface area contributed by atoms with Gasteiger partial charge in [-0.25, -0.2) is 17.6 Å². The number of halogens is 18. The number of amides is 4. The summed E-state index contributed by atoms with van der Waals surface area (Å²) in [4.78, 5) is 51.2. The number of nitrogens with zero attached hydrogens (tertiary/aromatic N) is 2. The Balaban J connectivity index is 1.49. The highest BCUT2D eigenvalue weighted by molar-refractivity contribution is 6.41. The topological polar surface area (TPSA) is 74.8 Å². The molecule has 0 fully saturated rings. The SMILES string of the molecule is O=C1c2cc(F)c3c4c(F)cc5c6c(cc(F)c(c7c(F)cc(c2c37)C(=O)N1CC(F)(F)C(F)(F)C(F)(F)F)c64)C(=O)N(CC(F)(F)C(F)(F)C(F)(F)F)C5=O. The monoisotopic (exact) mass is 826 g/mol. The standard InChI is InChI=1S/C32H8F18N2O4/c33-11-1-7-15-8(24(54)51(23(7)53)5-27(37,38)29(41,42)31(45,46)47)2-13(35)19-20-14(36)4-10-16-9(3-12(34)18(22(16)20)17(11)21(15)19)25(55)52(26(10)56)6-28(39,40)30(43,44)32(48,49)50/h1-4H,5-6H2. The first-order valence-electron chi connectivity index (χ1n) is 14.8. The average molecular weight is 826 g/mol. The molecule has 0 aromatic heterocycles. The van der Waals surface area contributed by atoms with Crippen LogP contribution >= 0.6 is 0 Å². The fraction of sp³-hybridized carbons (Fsp3) is 0.250. The minimum Gasteiger partial charge on any atom is -0.269 e. The fourth-order valence-electron chi connectivity index (χ4n) is 6.86. The maximum Gasteiger partial charge on any atom is 0.459 e. The first-order valence-corrected chi connectivity index (χ1v) is 14.8. The van der Waals surface area contributed by atoms with Gasteiger partial charge in [-0.15, -0.1) is 0 Å². The predicted molar refractivity (Wildman–Crippen MR) is 150 cm³/mol.